The zero-order valence-electron chi connectivity index (χ0n) is 11.0. The van der Waals surface area contributed by atoms with Gasteiger partial charge >= 0.3 is 0 Å². The van der Waals surface area contributed by atoms with Crippen molar-refractivity contribution < 1.29 is 4.79 Å². The van der Waals surface area contributed by atoms with Crippen molar-refractivity contribution in [2.24, 2.45) is 5.73 Å². The zero-order valence-corrected chi connectivity index (χ0v) is 11.8. The Hall–Kier alpha value is -1.79. The monoisotopic (exact) mass is 288 g/mol. The Kier molecular flexibility index (Phi) is 3.75. The van der Waals surface area contributed by atoms with Crippen molar-refractivity contribution in [2.45, 2.75) is 32.0 Å². The summed E-state index contributed by atoms with van der Waals surface area (Å²) in [6.07, 6.45) is 5.65. The molecule has 0 aromatic carbocycles. The molecule has 2 heterocycles. The van der Waals surface area contributed by atoms with Crippen molar-refractivity contribution in [1.29, 1.82) is 0 Å². The maximum absolute atomic E-state index is 12.6. The van der Waals surface area contributed by atoms with Crippen LogP contribution in [0.3, 0.4) is 0 Å². The van der Waals surface area contributed by atoms with Crippen molar-refractivity contribution >= 4 is 17.2 Å². The van der Waals surface area contributed by atoms with E-state index >= 15 is 0 Å². The fourth-order valence-corrected chi connectivity index (χ4v) is 2.74. The summed E-state index contributed by atoms with van der Waals surface area (Å²) >= 11 is 1.44. The Labute approximate surface area is 121 Å². The zero-order chi connectivity index (χ0) is 13.9. The summed E-state index contributed by atoms with van der Waals surface area (Å²) in [6.45, 7) is 0.993. The van der Waals surface area contributed by atoms with E-state index in [-0.39, 0.29) is 5.91 Å². The molecule has 2 N–H and O–H groups in total. The highest BCUT2D eigenvalue weighted by molar-refractivity contribution is 7.09. The van der Waals surface area contributed by atoms with E-state index in [2.05, 4.69) is 9.97 Å². The van der Waals surface area contributed by atoms with Gasteiger partial charge in [-0.15, -0.1) is 11.3 Å². The fourth-order valence-electron chi connectivity index (χ4n) is 2.09. The van der Waals surface area contributed by atoms with E-state index in [1.807, 2.05) is 17.0 Å². The number of nitrogens with zero attached hydrogens (tertiary/aromatic N) is 3. The lowest BCUT2D eigenvalue weighted by molar-refractivity contribution is 0.0724. The number of rotatable bonds is 5. The summed E-state index contributed by atoms with van der Waals surface area (Å²) in [6, 6.07) is 4.23. The third kappa shape index (κ3) is 2.86. The second kappa shape index (κ2) is 5.68. The third-order valence-electron chi connectivity index (χ3n) is 3.30. The molecule has 2 aromatic rings. The minimum Gasteiger partial charge on any atom is -0.330 e. The van der Waals surface area contributed by atoms with Gasteiger partial charge in [-0.25, -0.2) is 4.98 Å². The lowest BCUT2D eigenvalue weighted by Gasteiger charge is -2.21. The third-order valence-corrected chi connectivity index (χ3v) is 4.17. The van der Waals surface area contributed by atoms with Gasteiger partial charge in [-0.05, 0) is 30.5 Å². The van der Waals surface area contributed by atoms with E-state index in [1.165, 1.54) is 11.3 Å². The molecule has 0 radical (unpaired) electrons. The molecule has 1 fully saturated rings. The molecule has 104 valence electrons. The average Bonchev–Trinajstić information content (AvgIpc) is 3.21. The summed E-state index contributed by atoms with van der Waals surface area (Å²) in [7, 11) is 0. The first kappa shape index (κ1) is 13.2. The van der Waals surface area contributed by atoms with Crippen molar-refractivity contribution in [3.05, 3.63) is 46.2 Å². The van der Waals surface area contributed by atoms with Crippen LogP contribution in [0.2, 0.25) is 0 Å². The first-order valence-electron chi connectivity index (χ1n) is 6.62. The van der Waals surface area contributed by atoms with Gasteiger partial charge in [0.15, 0.2) is 0 Å². The maximum atomic E-state index is 12.6. The van der Waals surface area contributed by atoms with Crippen LogP contribution in [0.5, 0.6) is 0 Å². The minimum atomic E-state index is 0.000243. The summed E-state index contributed by atoms with van der Waals surface area (Å²) in [4.78, 5) is 22.8. The highest BCUT2D eigenvalue weighted by Crippen LogP contribution is 2.30. The molecule has 2 aromatic heterocycles. The fraction of sp³-hybridized carbons (Fsp3) is 0.357. The molecule has 0 bridgehead atoms. The predicted molar refractivity (Wildman–Crippen MR) is 77.1 cm³/mol. The summed E-state index contributed by atoms with van der Waals surface area (Å²) < 4.78 is 0. The molecule has 0 unspecified atom stereocenters. The molecule has 1 aliphatic carbocycles. The summed E-state index contributed by atoms with van der Waals surface area (Å²) in [5, 5.41) is 2.60. The highest BCUT2D eigenvalue weighted by Gasteiger charge is 2.33. The molecular formula is C14H16N4OS. The SMILES string of the molecule is NCc1nc(C(=O)N(Cc2ccncc2)C2CC2)cs1. The Morgan fingerprint density at radius 1 is 1.40 bits per heavy atom. The van der Waals surface area contributed by atoms with Crippen LogP contribution >= 0.6 is 11.3 Å². The van der Waals surface area contributed by atoms with Crippen LogP contribution in [0.25, 0.3) is 0 Å². The lowest BCUT2D eigenvalue weighted by atomic mass is 10.2. The molecule has 0 atom stereocenters. The molecule has 0 saturated heterocycles. The van der Waals surface area contributed by atoms with Gasteiger partial charge in [-0.3, -0.25) is 9.78 Å². The van der Waals surface area contributed by atoms with Gasteiger partial charge in [0.1, 0.15) is 10.7 Å². The number of pyridine rings is 1. The van der Waals surface area contributed by atoms with Crippen LogP contribution in [0.15, 0.2) is 29.9 Å². The van der Waals surface area contributed by atoms with Crippen molar-refractivity contribution in [1.82, 2.24) is 14.9 Å². The van der Waals surface area contributed by atoms with Crippen LogP contribution in [0, 0.1) is 0 Å². The minimum absolute atomic E-state index is 0.000243. The van der Waals surface area contributed by atoms with Gasteiger partial charge in [0.25, 0.3) is 5.91 Å². The molecule has 20 heavy (non-hydrogen) atoms. The molecule has 5 nitrogen and oxygen atoms in total. The molecule has 0 aliphatic heterocycles. The van der Waals surface area contributed by atoms with Crippen LogP contribution in [-0.2, 0) is 13.1 Å². The average molecular weight is 288 g/mol. The van der Waals surface area contributed by atoms with Gasteiger partial charge < -0.3 is 10.6 Å². The van der Waals surface area contributed by atoms with Gasteiger partial charge in [-0.1, -0.05) is 0 Å². The first-order chi connectivity index (χ1) is 9.78. The Morgan fingerprint density at radius 3 is 2.75 bits per heavy atom. The van der Waals surface area contributed by atoms with E-state index in [0.29, 0.717) is 24.8 Å². The highest BCUT2D eigenvalue weighted by atomic mass is 32.1. The van der Waals surface area contributed by atoms with Crippen LogP contribution < -0.4 is 5.73 Å². The second-order valence-electron chi connectivity index (χ2n) is 4.85. The maximum Gasteiger partial charge on any atom is 0.273 e. The molecule has 1 amide bonds. The Bertz CT molecular complexity index is 594. The van der Waals surface area contributed by atoms with Gasteiger partial charge in [0, 0.05) is 36.9 Å². The number of carbonyl (C=O) groups is 1. The standard InChI is InChI=1S/C14H16N4OS/c15-7-13-17-12(9-20-13)14(19)18(11-1-2-11)8-10-3-5-16-6-4-10/h3-6,9,11H,1-2,7-8,15H2. The molecule has 3 rings (SSSR count). The van der Waals surface area contributed by atoms with Crippen molar-refractivity contribution in [3.8, 4) is 0 Å². The Balaban J connectivity index is 1.78. The van der Waals surface area contributed by atoms with Crippen molar-refractivity contribution in [2.75, 3.05) is 0 Å². The number of amides is 1. The Morgan fingerprint density at radius 2 is 2.15 bits per heavy atom. The molecule has 1 aliphatic rings. The molecule has 6 heteroatoms. The summed E-state index contributed by atoms with van der Waals surface area (Å²) in [5.74, 6) is 0.000243. The number of aromatic nitrogens is 2. The number of nitrogens with two attached hydrogens (primary N) is 1. The largest absolute Gasteiger partial charge is 0.330 e. The van der Waals surface area contributed by atoms with Crippen molar-refractivity contribution in [3.63, 3.8) is 0 Å². The first-order valence-corrected chi connectivity index (χ1v) is 7.50. The number of hydrogen-bond acceptors (Lipinski definition) is 5. The van der Waals surface area contributed by atoms with E-state index in [1.54, 1.807) is 17.8 Å². The predicted octanol–water partition coefficient (Wildman–Crippen LogP) is 1.80. The van der Waals surface area contributed by atoms with Gasteiger partial charge in [0.2, 0.25) is 0 Å². The van der Waals surface area contributed by atoms with Gasteiger partial charge in [0.05, 0.1) is 0 Å². The van der Waals surface area contributed by atoms with E-state index in [0.717, 1.165) is 23.4 Å². The van der Waals surface area contributed by atoms with Crippen LogP contribution in [-0.4, -0.2) is 26.8 Å². The molecule has 0 spiro atoms. The lowest BCUT2D eigenvalue weighted by Crippen LogP contribution is -2.32. The number of hydrogen-bond donors (Lipinski definition) is 1. The second-order valence-corrected chi connectivity index (χ2v) is 5.79. The van der Waals surface area contributed by atoms with Gasteiger partial charge in [-0.2, -0.15) is 0 Å². The topological polar surface area (TPSA) is 72.1 Å². The van der Waals surface area contributed by atoms with E-state index in [9.17, 15) is 4.79 Å². The normalized spacial score (nSPS) is 14.2. The number of thiazole rings is 1. The smallest absolute Gasteiger partial charge is 0.273 e. The molecular weight excluding hydrogens is 272 g/mol. The quantitative estimate of drug-likeness (QED) is 0.910. The van der Waals surface area contributed by atoms with E-state index in [4.69, 9.17) is 5.73 Å². The van der Waals surface area contributed by atoms with E-state index < -0.39 is 0 Å². The number of carbonyl (C=O) groups excluding carboxylic acids is 1. The summed E-state index contributed by atoms with van der Waals surface area (Å²) in [5.41, 5.74) is 7.15. The molecule has 1 saturated carbocycles. The van der Waals surface area contributed by atoms with Crippen LogP contribution in [0.1, 0.15) is 33.9 Å². The van der Waals surface area contributed by atoms with Crippen LogP contribution in [0.4, 0.5) is 0 Å².